The highest BCUT2D eigenvalue weighted by Gasteiger charge is 2.42. The average molecular weight is 579 g/mol. The first kappa shape index (κ1) is 29.9. The molecule has 1 heterocycles. The highest BCUT2D eigenvalue weighted by atomic mass is 35.5. The molecule has 0 aromatic heterocycles. The fraction of sp³-hybridized carbons (Fsp3) is 0.385. The Labute approximate surface area is 236 Å². The van der Waals surface area contributed by atoms with Crippen LogP contribution in [0.25, 0.3) is 0 Å². The van der Waals surface area contributed by atoms with Crippen LogP contribution < -0.4 is 10.6 Å². The molecule has 2 aromatic rings. The van der Waals surface area contributed by atoms with Gasteiger partial charge in [-0.1, -0.05) is 67.4 Å². The molecular formula is C26H29BCl2N2O6S. The molecule has 0 radical (unpaired) electrons. The molecule has 0 aliphatic carbocycles. The van der Waals surface area contributed by atoms with Crippen molar-refractivity contribution in [3.8, 4) is 0 Å². The van der Waals surface area contributed by atoms with E-state index in [1.54, 1.807) is 13.0 Å². The molecule has 202 valence electrons. The van der Waals surface area contributed by atoms with Crippen LogP contribution >= 0.6 is 35.0 Å². The van der Waals surface area contributed by atoms with Gasteiger partial charge in [0.05, 0.1) is 27.5 Å². The number of carbonyl (C=O) groups excluding carboxylic acids is 4. The molecule has 0 unspecified atom stereocenters. The molecular weight excluding hydrogens is 550 g/mol. The van der Waals surface area contributed by atoms with Crippen LogP contribution in [-0.2, 0) is 30.1 Å². The molecule has 0 saturated carbocycles. The maximum absolute atomic E-state index is 13.6. The summed E-state index contributed by atoms with van der Waals surface area (Å²) >= 11 is 13.4. The average Bonchev–Trinajstić information content (AvgIpc) is 2.87. The fourth-order valence-corrected chi connectivity index (χ4v) is 4.84. The molecule has 1 fully saturated rings. The van der Waals surface area contributed by atoms with E-state index in [1.807, 2.05) is 44.2 Å². The van der Waals surface area contributed by atoms with Crippen molar-refractivity contribution in [2.75, 3.05) is 5.75 Å². The van der Waals surface area contributed by atoms with Crippen molar-refractivity contribution in [3.63, 3.8) is 0 Å². The summed E-state index contributed by atoms with van der Waals surface area (Å²) in [4.78, 5) is 51.5. The predicted molar refractivity (Wildman–Crippen MR) is 149 cm³/mol. The summed E-state index contributed by atoms with van der Waals surface area (Å²) < 4.78 is 10.9. The summed E-state index contributed by atoms with van der Waals surface area (Å²) in [5, 5.41) is 5.54. The molecule has 12 heteroatoms. The Bertz CT molecular complexity index is 1170. The first-order chi connectivity index (χ1) is 18.0. The van der Waals surface area contributed by atoms with Crippen molar-refractivity contribution in [2.45, 2.75) is 50.8 Å². The number of carbonyl (C=O) groups is 4. The lowest BCUT2D eigenvalue weighted by Gasteiger charge is -2.29. The van der Waals surface area contributed by atoms with Crippen LogP contribution in [0.4, 0.5) is 0 Å². The van der Waals surface area contributed by atoms with Gasteiger partial charge in [0.2, 0.25) is 5.91 Å². The Morgan fingerprint density at radius 2 is 1.79 bits per heavy atom. The van der Waals surface area contributed by atoms with Gasteiger partial charge in [-0.15, -0.1) is 11.8 Å². The van der Waals surface area contributed by atoms with Crippen LogP contribution in [0.5, 0.6) is 0 Å². The summed E-state index contributed by atoms with van der Waals surface area (Å²) in [5.74, 6) is -3.00. The number of nitrogens with one attached hydrogen (secondary N) is 2. The van der Waals surface area contributed by atoms with Gasteiger partial charge in [-0.2, -0.15) is 0 Å². The second kappa shape index (κ2) is 13.9. The Hall–Kier alpha value is -2.69. The van der Waals surface area contributed by atoms with Crippen LogP contribution in [0.1, 0.15) is 43.1 Å². The molecule has 0 spiro atoms. The van der Waals surface area contributed by atoms with Crippen LogP contribution in [0.15, 0.2) is 48.5 Å². The molecule has 3 atom stereocenters. The Balaban J connectivity index is 1.86. The first-order valence-corrected chi connectivity index (χ1v) is 14.0. The highest BCUT2D eigenvalue weighted by Crippen LogP contribution is 2.22. The number of hydrogen-bond acceptors (Lipinski definition) is 7. The summed E-state index contributed by atoms with van der Waals surface area (Å²) in [6.07, 6.45) is 0.521. The fourth-order valence-electron chi connectivity index (χ4n) is 3.82. The Morgan fingerprint density at radius 1 is 1.08 bits per heavy atom. The molecule has 0 bridgehead atoms. The molecule has 3 rings (SSSR count). The van der Waals surface area contributed by atoms with Crippen molar-refractivity contribution in [1.82, 2.24) is 10.6 Å². The molecule has 2 N–H and O–H groups in total. The van der Waals surface area contributed by atoms with E-state index in [2.05, 4.69) is 10.6 Å². The van der Waals surface area contributed by atoms with Gasteiger partial charge in [-0.3, -0.25) is 19.2 Å². The minimum atomic E-state index is -1.31. The number of rotatable bonds is 9. The lowest BCUT2D eigenvalue weighted by atomic mass is 9.73. The van der Waals surface area contributed by atoms with E-state index in [1.165, 1.54) is 12.1 Å². The molecule has 1 saturated heterocycles. The third-order valence-corrected chi connectivity index (χ3v) is 7.38. The van der Waals surface area contributed by atoms with Crippen LogP contribution in [0.2, 0.25) is 10.0 Å². The van der Waals surface area contributed by atoms with Gasteiger partial charge in [0, 0.05) is 11.4 Å². The quantitative estimate of drug-likeness (QED) is 0.431. The third kappa shape index (κ3) is 8.68. The van der Waals surface area contributed by atoms with E-state index in [-0.39, 0.29) is 28.7 Å². The summed E-state index contributed by atoms with van der Waals surface area (Å²) in [7, 11) is -1.31. The first-order valence-electron chi connectivity index (χ1n) is 12.1. The molecule has 1 aliphatic heterocycles. The molecule has 38 heavy (non-hydrogen) atoms. The largest absolute Gasteiger partial charge is 0.622 e. The zero-order chi connectivity index (χ0) is 27.8. The van der Waals surface area contributed by atoms with E-state index >= 15 is 0 Å². The summed E-state index contributed by atoms with van der Waals surface area (Å²) in [6, 6.07) is 12.6. The maximum atomic E-state index is 13.6. The maximum Gasteiger partial charge on any atom is 0.622 e. The number of halogens is 2. The zero-order valence-electron chi connectivity index (χ0n) is 21.2. The lowest BCUT2D eigenvalue weighted by Crippen LogP contribution is -2.57. The predicted octanol–water partition coefficient (Wildman–Crippen LogP) is 4.11. The smallest absolute Gasteiger partial charge is 0.497 e. The number of benzene rings is 2. The van der Waals surface area contributed by atoms with Crippen LogP contribution in [-0.4, -0.2) is 53.9 Å². The monoisotopic (exact) mass is 578 g/mol. The Morgan fingerprint density at radius 3 is 2.47 bits per heavy atom. The number of hydrogen-bond donors (Lipinski definition) is 2. The van der Waals surface area contributed by atoms with Gasteiger partial charge in [-0.25, -0.2) is 0 Å². The van der Waals surface area contributed by atoms with E-state index in [4.69, 9.17) is 32.5 Å². The van der Waals surface area contributed by atoms with Gasteiger partial charge in [0.25, 0.3) is 5.91 Å². The standard InChI is InChI=1S/C26H29BCl2N2O6S/c1-15(2)11-22(27-36-23(32)14-38-16(3)26(35)37-27)31-25(34)21(12-17-7-5-4-6-8-17)30-24(33)19-13-18(28)9-10-20(19)29/h4-10,13,15-16,21-22H,11-12,14H2,1-3H3,(H,30,33)(H,31,34)/t16-,21+,22+/m1/s1. The normalized spacial score (nSPS) is 17.5. The number of thioether (sulfide) groups is 1. The minimum Gasteiger partial charge on any atom is -0.497 e. The number of amides is 2. The van der Waals surface area contributed by atoms with Gasteiger partial charge < -0.3 is 19.9 Å². The zero-order valence-corrected chi connectivity index (χ0v) is 23.6. The SMILES string of the molecule is CC(C)C[C@H](NC(=O)[C@H](Cc1ccccc1)NC(=O)c1cc(Cl)ccc1Cl)B1OC(=O)CS[C@H](C)C(=O)O1. The van der Waals surface area contributed by atoms with Crippen LogP contribution in [0.3, 0.4) is 0 Å². The topological polar surface area (TPSA) is 111 Å². The van der Waals surface area contributed by atoms with E-state index in [0.29, 0.717) is 11.4 Å². The molecule has 8 nitrogen and oxygen atoms in total. The molecule has 2 amide bonds. The second-order valence-corrected chi connectivity index (χ2v) is 11.5. The highest BCUT2D eigenvalue weighted by molar-refractivity contribution is 8.01. The molecule has 2 aromatic carbocycles. The van der Waals surface area contributed by atoms with E-state index < -0.39 is 48.1 Å². The van der Waals surface area contributed by atoms with Gasteiger partial charge in [0.15, 0.2) is 0 Å². The van der Waals surface area contributed by atoms with E-state index in [9.17, 15) is 19.2 Å². The molecule has 1 aliphatic rings. The summed E-state index contributed by atoms with van der Waals surface area (Å²) in [6.45, 7) is 5.49. The van der Waals surface area contributed by atoms with Gasteiger partial charge in [-0.05, 0) is 43.0 Å². The van der Waals surface area contributed by atoms with Crippen molar-refractivity contribution >= 4 is 65.8 Å². The van der Waals surface area contributed by atoms with Gasteiger partial charge >= 0.3 is 19.1 Å². The van der Waals surface area contributed by atoms with Gasteiger partial charge in [0.1, 0.15) is 6.04 Å². The van der Waals surface area contributed by atoms with Crippen molar-refractivity contribution < 1.29 is 28.5 Å². The lowest BCUT2D eigenvalue weighted by molar-refractivity contribution is -0.140. The Kier molecular flexibility index (Phi) is 10.9. The van der Waals surface area contributed by atoms with E-state index in [0.717, 1.165) is 17.3 Å². The van der Waals surface area contributed by atoms with Crippen LogP contribution in [0, 0.1) is 5.92 Å². The summed E-state index contributed by atoms with van der Waals surface area (Å²) in [5.41, 5.74) is 0.929. The second-order valence-electron chi connectivity index (χ2n) is 9.33. The van der Waals surface area contributed by atoms with Crippen molar-refractivity contribution in [2.24, 2.45) is 5.92 Å². The van der Waals surface area contributed by atoms with Crippen molar-refractivity contribution in [3.05, 3.63) is 69.7 Å². The minimum absolute atomic E-state index is 0.0117. The van der Waals surface area contributed by atoms with Crippen molar-refractivity contribution in [1.29, 1.82) is 0 Å². The third-order valence-electron chi connectivity index (χ3n) is 5.72.